The Hall–Kier alpha value is -3.20. The van der Waals surface area contributed by atoms with Crippen LogP contribution in [0.25, 0.3) is 0 Å². The molecular weight excluding hydrogens is 318 g/mol. The zero-order chi connectivity index (χ0) is 17.6. The summed E-state index contributed by atoms with van der Waals surface area (Å²) in [7, 11) is 0. The molecule has 0 aliphatic carbocycles. The highest BCUT2D eigenvalue weighted by Crippen LogP contribution is 2.17. The molecule has 0 saturated heterocycles. The lowest BCUT2D eigenvalue weighted by Crippen LogP contribution is -2.08. The van der Waals surface area contributed by atoms with Gasteiger partial charge in [-0.25, -0.2) is 4.68 Å². The van der Waals surface area contributed by atoms with Crippen molar-refractivity contribution in [3.63, 3.8) is 0 Å². The average Bonchev–Trinajstić information content (AvgIpc) is 3.05. The van der Waals surface area contributed by atoms with Crippen molar-refractivity contribution >= 4 is 0 Å². The Bertz CT molecular complexity index is 886. The predicted octanol–water partition coefficient (Wildman–Crippen LogP) is 4.51. The topological polar surface area (TPSA) is 30.7 Å². The third kappa shape index (κ3) is 3.89. The quantitative estimate of drug-likeness (QED) is 0.517. The van der Waals surface area contributed by atoms with E-state index in [-0.39, 0.29) is 0 Å². The first-order valence-corrected chi connectivity index (χ1v) is 8.91. The van der Waals surface area contributed by atoms with E-state index in [1.165, 1.54) is 22.4 Å². The molecule has 0 saturated carbocycles. The normalized spacial score (nSPS) is 10.8. The van der Waals surface area contributed by atoms with Crippen LogP contribution in [0.1, 0.15) is 28.1 Å². The van der Waals surface area contributed by atoms with Crippen molar-refractivity contribution < 1.29 is 0 Å². The molecule has 0 aliphatic heterocycles. The molecule has 0 unspecified atom stereocenters. The second-order valence-electron chi connectivity index (χ2n) is 6.45. The summed E-state index contributed by atoms with van der Waals surface area (Å²) in [6.07, 6.45) is 1.64. The summed E-state index contributed by atoms with van der Waals surface area (Å²) in [6.45, 7) is 0.741. The zero-order valence-corrected chi connectivity index (χ0v) is 14.6. The van der Waals surface area contributed by atoms with Gasteiger partial charge in [-0.15, -0.1) is 5.10 Å². The molecule has 0 aliphatic rings. The number of hydrogen-bond donors (Lipinski definition) is 0. The standard InChI is InChI=1S/C23H21N3/c1-4-10-19(11-5-1)16-22-23(17-20-12-6-2-7-13-20)26(25-24-22)18-21-14-8-3-9-15-21/h1-15H,16-18H2. The zero-order valence-electron chi connectivity index (χ0n) is 14.6. The first-order valence-electron chi connectivity index (χ1n) is 8.91. The molecule has 0 atom stereocenters. The Labute approximate surface area is 153 Å². The van der Waals surface area contributed by atoms with Crippen molar-refractivity contribution in [3.8, 4) is 0 Å². The van der Waals surface area contributed by atoms with Crippen LogP contribution in [-0.2, 0) is 19.4 Å². The van der Waals surface area contributed by atoms with Gasteiger partial charge in [-0.05, 0) is 16.7 Å². The van der Waals surface area contributed by atoms with Crippen LogP contribution in [0.4, 0.5) is 0 Å². The van der Waals surface area contributed by atoms with Crippen LogP contribution in [0.2, 0.25) is 0 Å². The minimum absolute atomic E-state index is 0.741. The molecule has 0 bridgehead atoms. The van der Waals surface area contributed by atoms with Gasteiger partial charge in [0, 0.05) is 12.8 Å². The number of benzene rings is 3. The van der Waals surface area contributed by atoms with Crippen LogP contribution in [0, 0.1) is 0 Å². The second kappa shape index (κ2) is 7.79. The Morgan fingerprint density at radius 2 is 1.08 bits per heavy atom. The lowest BCUT2D eigenvalue weighted by Gasteiger charge is -2.09. The van der Waals surface area contributed by atoms with Crippen LogP contribution >= 0.6 is 0 Å². The lowest BCUT2D eigenvalue weighted by atomic mass is 10.0. The number of hydrogen-bond acceptors (Lipinski definition) is 2. The Morgan fingerprint density at radius 1 is 0.577 bits per heavy atom. The van der Waals surface area contributed by atoms with Crippen LogP contribution in [0.3, 0.4) is 0 Å². The van der Waals surface area contributed by atoms with E-state index in [4.69, 9.17) is 0 Å². The fourth-order valence-electron chi connectivity index (χ4n) is 3.16. The van der Waals surface area contributed by atoms with Gasteiger partial charge in [-0.1, -0.05) is 96.2 Å². The van der Waals surface area contributed by atoms with Gasteiger partial charge in [0.25, 0.3) is 0 Å². The van der Waals surface area contributed by atoms with E-state index in [0.717, 1.165) is 25.1 Å². The van der Waals surface area contributed by atoms with E-state index < -0.39 is 0 Å². The van der Waals surface area contributed by atoms with Gasteiger partial charge < -0.3 is 0 Å². The molecule has 3 heteroatoms. The first-order chi connectivity index (χ1) is 12.9. The molecule has 4 rings (SSSR count). The van der Waals surface area contributed by atoms with Gasteiger partial charge in [0.1, 0.15) is 0 Å². The van der Waals surface area contributed by atoms with Crippen molar-refractivity contribution in [2.24, 2.45) is 0 Å². The van der Waals surface area contributed by atoms with Crippen LogP contribution in [0.15, 0.2) is 91.0 Å². The molecule has 128 valence electrons. The minimum Gasteiger partial charge on any atom is -0.244 e. The predicted molar refractivity (Wildman–Crippen MR) is 104 cm³/mol. The third-order valence-electron chi connectivity index (χ3n) is 4.52. The maximum absolute atomic E-state index is 4.52. The monoisotopic (exact) mass is 339 g/mol. The largest absolute Gasteiger partial charge is 0.244 e. The maximum Gasteiger partial charge on any atom is 0.0906 e. The summed E-state index contributed by atoms with van der Waals surface area (Å²) < 4.78 is 2.04. The highest BCUT2D eigenvalue weighted by atomic mass is 15.4. The van der Waals surface area contributed by atoms with Crippen LogP contribution in [0.5, 0.6) is 0 Å². The molecule has 0 fully saturated rings. The minimum atomic E-state index is 0.741. The molecule has 3 aromatic carbocycles. The first kappa shape index (κ1) is 16.3. The summed E-state index contributed by atoms with van der Waals surface area (Å²) in [5.41, 5.74) is 6.00. The fraction of sp³-hybridized carbons (Fsp3) is 0.130. The number of nitrogens with zero attached hydrogens (tertiary/aromatic N) is 3. The summed E-state index contributed by atoms with van der Waals surface area (Å²) in [6, 6.07) is 31.4. The van der Waals surface area contributed by atoms with Crippen LogP contribution < -0.4 is 0 Å². The van der Waals surface area contributed by atoms with E-state index in [0.29, 0.717) is 0 Å². The lowest BCUT2D eigenvalue weighted by molar-refractivity contribution is 0.625. The van der Waals surface area contributed by atoms with Crippen molar-refractivity contribution in [1.82, 2.24) is 15.0 Å². The van der Waals surface area contributed by atoms with Crippen molar-refractivity contribution in [1.29, 1.82) is 0 Å². The van der Waals surface area contributed by atoms with Crippen molar-refractivity contribution in [3.05, 3.63) is 119 Å². The van der Waals surface area contributed by atoms with Crippen molar-refractivity contribution in [2.75, 3.05) is 0 Å². The number of rotatable bonds is 6. The molecule has 4 aromatic rings. The van der Waals surface area contributed by atoms with Crippen LogP contribution in [-0.4, -0.2) is 15.0 Å². The Balaban J connectivity index is 1.67. The van der Waals surface area contributed by atoms with Gasteiger partial charge in [0.15, 0.2) is 0 Å². The van der Waals surface area contributed by atoms with Gasteiger partial charge in [-0.3, -0.25) is 0 Å². The van der Waals surface area contributed by atoms with E-state index in [9.17, 15) is 0 Å². The molecule has 1 heterocycles. The fourth-order valence-corrected chi connectivity index (χ4v) is 3.16. The molecular formula is C23H21N3. The molecule has 0 N–H and O–H groups in total. The molecule has 0 amide bonds. The molecule has 1 aromatic heterocycles. The maximum atomic E-state index is 4.52. The summed E-state index contributed by atoms with van der Waals surface area (Å²) >= 11 is 0. The Morgan fingerprint density at radius 3 is 1.65 bits per heavy atom. The third-order valence-corrected chi connectivity index (χ3v) is 4.52. The summed E-state index contributed by atoms with van der Waals surface area (Å²) in [4.78, 5) is 0. The number of aromatic nitrogens is 3. The van der Waals surface area contributed by atoms with Gasteiger partial charge in [-0.2, -0.15) is 0 Å². The molecule has 0 radical (unpaired) electrons. The van der Waals surface area contributed by atoms with E-state index >= 15 is 0 Å². The molecule has 3 nitrogen and oxygen atoms in total. The molecule has 0 spiro atoms. The van der Waals surface area contributed by atoms with Crippen molar-refractivity contribution in [2.45, 2.75) is 19.4 Å². The summed E-state index contributed by atoms with van der Waals surface area (Å²) in [5.74, 6) is 0. The highest BCUT2D eigenvalue weighted by molar-refractivity contribution is 5.29. The smallest absolute Gasteiger partial charge is 0.0906 e. The van der Waals surface area contributed by atoms with Gasteiger partial charge in [0.05, 0.1) is 17.9 Å². The van der Waals surface area contributed by atoms with Gasteiger partial charge >= 0.3 is 0 Å². The molecule has 26 heavy (non-hydrogen) atoms. The average molecular weight is 339 g/mol. The Kier molecular flexibility index (Phi) is 4.88. The second-order valence-corrected chi connectivity index (χ2v) is 6.45. The highest BCUT2D eigenvalue weighted by Gasteiger charge is 2.14. The SMILES string of the molecule is c1ccc(Cc2nnn(Cc3ccccc3)c2Cc2ccccc2)cc1. The summed E-state index contributed by atoms with van der Waals surface area (Å²) in [5, 5.41) is 8.99. The van der Waals surface area contributed by atoms with E-state index in [1.807, 2.05) is 22.9 Å². The van der Waals surface area contributed by atoms with E-state index in [1.54, 1.807) is 0 Å². The van der Waals surface area contributed by atoms with Gasteiger partial charge in [0.2, 0.25) is 0 Å². The van der Waals surface area contributed by atoms with E-state index in [2.05, 4.69) is 83.1 Å².